The smallest absolute Gasteiger partial charge is 0.258 e. The lowest BCUT2D eigenvalue weighted by Crippen LogP contribution is -2.63. The van der Waals surface area contributed by atoms with Crippen LogP contribution in [-0.4, -0.2) is 41.4 Å². The van der Waals surface area contributed by atoms with Crippen molar-refractivity contribution in [3.05, 3.63) is 29.8 Å². The van der Waals surface area contributed by atoms with Crippen LogP contribution < -0.4 is 10.2 Å². The molecule has 6 heteroatoms. The van der Waals surface area contributed by atoms with Gasteiger partial charge in [0.25, 0.3) is 5.91 Å². The first-order valence-electron chi connectivity index (χ1n) is 8.85. The minimum Gasteiger partial charge on any atom is -0.355 e. The second kappa shape index (κ2) is 6.50. The van der Waals surface area contributed by atoms with E-state index in [9.17, 15) is 14.4 Å². The van der Waals surface area contributed by atoms with Gasteiger partial charge in [-0.25, -0.2) is 0 Å². The van der Waals surface area contributed by atoms with Crippen LogP contribution in [0.4, 0.5) is 5.69 Å². The fraction of sp³-hybridized carbons (Fsp3) is 0.526. The monoisotopic (exact) mass is 343 g/mol. The maximum atomic E-state index is 13.0. The average Bonchev–Trinajstić information content (AvgIpc) is 2.87. The zero-order chi connectivity index (χ0) is 18.2. The minimum atomic E-state index is -0.780. The van der Waals surface area contributed by atoms with Crippen LogP contribution in [0.15, 0.2) is 24.3 Å². The van der Waals surface area contributed by atoms with E-state index in [0.717, 1.165) is 6.42 Å². The quantitative estimate of drug-likeness (QED) is 0.890. The molecule has 2 aliphatic rings. The summed E-state index contributed by atoms with van der Waals surface area (Å²) in [4.78, 5) is 41.0. The average molecular weight is 343 g/mol. The van der Waals surface area contributed by atoms with Crippen LogP contribution in [0, 0.1) is 5.92 Å². The number of carbonyl (C=O) groups excluding carboxylic acids is 3. The third-order valence-electron chi connectivity index (χ3n) is 5.09. The Bertz CT molecular complexity index is 716. The van der Waals surface area contributed by atoms with Crippen molar-refractivity contribution in [2.45, 2.75) is 45.7 Å². The van der Waals surface area contributed by atoms with Gasteiger partial charge in [0.15, 0.2) is 0 Å². The van der Waals surface area contributed by atoms with Gasteiger partial charge in [0.2, 0.25) is 11.8 Å². The Morgan fingerprint density at radius 3 is 2.72 bits per heavy atom. The topological polar surface area (TPSA) is 69.7 Å². The molecule has 0 bridgehead atoms. The van der Waals surface area contributed by atoms with E-state index < -0.39 is 5.66 Å². The van der Waals surface area contributed by atoms with E-state index in [2.05, 4.69) is 19.2 Å². The van der Waals surface area contributed by atoms with Crippen LogP contribution >= 0.6 is 0 Å². The van der Waals surface area contributed by atoms with Crippen molar-refractivity contribution in [2.24, 2.45) is 5.92 Å². The molecule has 0 aromatic heterocycles. The van der Waals surface area contributed by atoms with Crippen molar-refractivity contribution in [1.82, 2.24) is 10.2 Å². The molecule has 25 heavy (non-hydrogen) atoms. The predicted molar refractivity (Wildman–Crippen MR) is 95.1 cm³/mol. The van der Waals surface area contributed by atoms with Crippen LogP contribution in [-0.2, 0) is 9.59 Å². The molecule has 2 heterocycles. The molecular weight excluding hydrogens is 318 g/mol. The van der Waals surface area contributed by atoms with E-state index in [4.69, 9.17) is 0 Å². The van der Waals surface area contributed by atoms with Gasteiger partial charge in [-0.05, 0) is 37.8 Å². The van der Waals surface area contributed by atoms with Gasteiger partial charge in [-0.1, -0.05) is 26.0 Å². The van der Waals surface area contributed by atoms with Gasteiger partial charge in [-0.2, -0.15) is 0 Å². The molecule has 6 nitrogen and oxygen atoms in total. The van der Waals surface area contributed by atoms with Crippen molar-refractivity contribution >= 4 is 23.4 Å². The molecule has 0 aliphatic carbocycles. The first-order chi connectivity index (χ1) is 11.8. The van der Waals surface area contributed by atoms with E-state index in [0.29, 0.717) is 36.6 Å². The first-order valence-corrected chi connectivity index (χ1v) is 8.85. The number of hydrogen-bond acceptors (Lipinski definition) is 3. The highest BCUT2D eigenvalue weighted by atomic mass is 16.2. The molecule has 3 rings (SSSR count). The van der Waals surface area contributed by atoms with Crippen LogP contribution in [0.3, 0.4) is 0 Å². The molecule has 1 N–H and O–H groups in total. The molecule has 1 unspecified atom stereocenters. The van der Waals surface area contributed by atoms with E-state index in [-0.39, 0.29) is 24.3 Å². The van der Waals surface area contributed by atoms with Gasteiger partial charge in [0, 0.05) is 13.0 Å². The normalized spacial score (nSPS) is 22.2. The summed E-state index contributed by atoms with van der Waals surface area (Å²) in [6.07, 6.45) is 1.80. The Morgan fingerprint density at radius 1 is 1.28 bits per heavy atom. The lowest BCUT2D eigenvalue weighted by Gasteiger charge is -2.48. The van der Waals surface area contributed by atoms with Crippen molar-refractivity contribution in [2.75, 3.05) is 18.0 Å². The van der Waals surface area contributed by atoms with Crippen LogP contribution in [0.2, 0.25) is 0 Å². The molecule has 1 fully saturated rings. The fourth-order valence-electron chi connectivity index (χ4n) is 3.64. The number of fused-ring (bicyclic) bond motifs is 3. The summed E-state index contributed by atoms with van der Waals surface area (Å²) in [7, 11) is 0. The number of rotatable bonds is 5. The third-order valence-corrected chi connectivity index (χ3v) is 5.09. The number of nitrogens with zero attached hydrogens (tertiary/aromatic N) is 2. The van der Waals surface area contributed by atoms with Crippen LogP contribution in [0.5, 0.6) is 0 Å². The molecule has 134 valence electrons. The number of para-hydroxylation sites is 1. The summed E-state index contributed by atoms with van der Waals surface area (Å²) in [5, 5.41) is 2.88. The van der Waals surface area contributed by atoms with Gasteiger partial charge >= 0.3 is 0 Å². The summed E-state index contributed by atoms with van der Waals surface area (Å²) in [6, 6.07) is 7.12. The number of hydrogen-bond donors (Lipinski definition) is 1. The van der Waals surface area contributed by atoms with Gasteiger partial charge in [-0.3, -0.25) is 19.3 Å². The summed E-state index contributed by atoms with van der Waals surface area (Å²) < 4.78 is 0. The van der Waals surface area contributed by atoms with Crippen molar-refractivity contribution < 1.29 is 14.4 Å². The van der Waals surface area contributed by atoms with E-state index >= 15 is 0 Å². The van der Waals surface area contributed by atoms with E-state index in [1.807, 2.05) is 13.0 Å². The van der Waals surface area contributed by atoms with Gasteiger partial charge < -0.3 is 10.2 Å². The second-order valence-corrected chi connectivity index (χ2v) is 7.39. The molecule has 3 amide bonds. The molecule has 1 atom stereocenters. The zero-order valence-electron chi connectivity index (χ0n) is 15.0. The number of amides is 3. The lowest BCUT2D eigenvalue weighted by atomic mass is 9.98. The number of benzene rings is 1. The molecule has 2 aliphatic heterocycles. The van der Waals surface area contributed by atoms with Crippen molar-refractivity contribution in [3.8, 4) is 0 Å². The summed E-state index contributed by atoms with van der Waals surface area (Å²) in [6.45, 7) is 6.62. The SMILES string of the molecule is CC(C)CCNC(=O)CN1C(=O)c2ccccc2N2C(=O)CCC12C. The minimum absolute atomic E-state index is 0.00679. The molecule has 0 radical (unpaired) electrons. The largest absolute Gasteiger partial charge is 0.355 e. The highest BCUT2D eigenvalue weighted by molar-refractivity contribution is 6.11. The van der Waals surface area contributed by atoms with E-state index in [1.54, 1.807) is 28.0 Å². The maximum absolute atomic E-state index is 13.0. The van der Waals surface area contributed by atoms with Crippen molar-refractivity contribution in [1.29, 1.82) is 0 Å². The van der Waals surface area contributed by atoms with E-state index in [1.165, 1.54) is 0 Å². The standard InChI is InChI=1S/C19H25N3O3/c1-13(2)9-11-20-16(23)12-21-18(25)14-6-4-5-7-15(14)22-17(24)8-10-19(21,22)3/h4-7,13H,8-12H2,1-3H3,(H,20,23). The summed E-state index contributed by atoms with van der Waals surface area (Å²) >= 11 is 0. The summed E-state index contributed by atoms with van der Waals surface area (Å²) in [5.74, 6) is 0.119. The molecule has 0 saturated carbocycles. The maximum Gasteiger partial charge on any atom is 0.258 e. The fourth-order valence-corrected chi connectivity index (χ4v) is 3.64. The molecule has 1 aromatic carbocycles. The Hall–Kier alpha value is -2.37. The van der Waals surface area contributed by atoms with Crippen LogP contribution in [0.25, 0.3) is 0 Å². The van der Waals surface area contributed by atoms with Gasteiger partial charge in [-0.15, -0.1) is 0 Å². The predicted octanol–water partition coefficient (Wildman–Crippen LogP) is 2.15. The molecule has 1 aromatic rings. The highest BCUT2D eigenvalue weighted by Gasteiger charge is 2.53. The summed E-state index contributed by atoms with van der Waals surface area (Å²) in [5.41, 5.74) is 0.344. The molecule has 0 spiro atoms. The Morgan fingerprint density at radius 2 is 2.00 bits per heavy atom. The molecular formula is C19H25N3O3. The first kappa shape index (κ1) is 17.5. The van der Waals surface area contributed by atoms with Crippen molar-refractivity contribution in [3.63, 3.8) is 0 Å². The Balaban J connectivity index is 1.85. The highest BCUT2D eigenvalue weighted by Crippen LogP contribution is 2.43. The third kappa shape index (κ3) is 3.01. The number of anilines is 1. The second-order valence-electron chi connectivity index (χ2n) is 7.39. The number of nitrogens with one attached hydrogen (secondary N) is 1. The number of carbonyl (C=O) groups is 3. The van der Waals surface area contributed by atoms with Gasteiger partial charge in [0.1, 0.15) is 12.2 Å². The van der Waals surface area contributed by atoms with Crippen LogP contribution in [0.1, 0.15) is 50.4 Å². The Kier molecular flexibility index (Phi) is 4.54. The zero-order valence-corrected chi connectivity index (χ0v) is 15.0. The molecule has 1 saturated heterocycles. The lowest BCUT2D eigenvalue weighted by molar-refractivity contribution is -0.124. The van der Waals surface area contributed by atoms with Gasteiger partial charge in [0.05, 0.1) is 11.3 Å². The Labute approximate surface area is 148 Å².